The number of rotatable bonds is 5. The minimum atomic E-state index is 0.0177. The van der Waals surface area contributed by atoms with Gasteiger partial charge in [-0.1, -0.05) is 17.8 Å². The number of thioether (sulfide) groups is 1. The first kappa shape index (κ1) is 13.7. The van der Waals surface area contributed by atoms with E-state index >= 15 is 0 Å². The first-order valence-electron chi connectivity index (χ1n) is 6.43. The number of carbonyl (C=O) groups is 1. The highest BCUT2D eigenvalue weighted by Crippen LogP contribution is 2.17. The number of aromatic nitrogens is 3. The first-order valence-corrected chi connectivity index (χ1v) is 7.41. The average Bonchev–Trinajstić information content (AvgIpc) is 3.14. The number of fused-ring (bicyclic) bond motifs is 1. The van der Waals surface area contributed by atoms with Gasteiger partial charge in [-0.15, -0.1) is 10.2 Å². The fourth-order valence-electron chi connectivity index (χ4n) is 1.88. The van der Waals surface area contributed by atoms with Gasteiger partial charge < -0.3 is 9.32 Å². The number of hydrogen-bond acceptors (Lipinski definition) is 5. The molecule has 21 heavy (non-hydrogen) atoms. The van der Waals surface area contributed by atoms with Crippen molar-refractivity contribution in [1.82, 2.24) is 19.5 Å². The van der Waals surface area contributed by atoms with Crippen molar-refractivity contribution in [2.24, 2.45) is 0 Å². The third-order valence-electron chi connectivity index (χ3n) is 3.01. The van der Waals surface area contributed by atoms with Crippen molar-refractivity contribution in [3.05, 3.63) is 48.6 Å². The molecule has 3 rings (SSSR count). The predicted molar refractivity (Wildman–Crippen MR) is 78.9 cm³/mol. The van der Waals surface area contributed by atoms with Crippen molar-refractivity contribution in [2.45, 2.75) is 11.7 Å². The summed E-state index contributed by atoms with van der Waals surface area (Å²) < 4.78 is 7.10. The summed E-state index contributed by atoms with van der Waals surface area (Å²) in [7, 11) is 1.76. The Bertz CT molecular complexity index is 738. The van der Waals surface area contributed by atoms with Crippen molar-refractivity contribution in [3.63, 3.8) is 0 Å². The largest absolute Gasteiger partial charge is 0.467 e. The Morgan fingerprint density at radius 3 is 3.05 bits per heavy atom. The molecule has 7 heteroatoms. The number of pyridine rings is 1. The highest BCUT2D eigenvalue weighted by atomic mass is 32.2. The predicted octanol–water partition coefficient (Wildman–Crippen LogP) is 2.07. The quantitative estimate of drug-likeness (QED) is 0.675. The summed E-state index contributed by atoms with van der Waals surface area (Å²) >= 11 is 1.37. The normalized spacial score (nSPS) is 10.9. The van der Waals surface area contributed by atoms with Crippen LogP contribution in [0.15, 0.2) is 52.4 Å². The van der Waals surface area contributed by atoms with Crippen LogP contribution in [0.25, 0.3) is 5.65 Å². The maximum absolute atomic E-state index is 12.1. The highest BCUT2D eigenvalue weighted by molar-refractivity contribution is 7.99. The van der Waals surface area contributed by atoms with Gasteiger partial charge in [0.05, 0.1) is 18.6 Å². The Balaban J connectivity index is 1.60. The number of hydrogen-bond donors (Lipinski definition) is 0. The Morgan fingerprint density at radius 1 is 1.33 bits per heavy atom. The lowest BCUT2D eigenvalue weighted by Gasteiger charge is -2.14. The number of furan rings is 1. The van der Waals surface area contributed by atoms with Crippen LogP contribution in [0.1, 0.15) is 5.76 Å². The smallest absolute Gasteiger partial charge is 0.233 e. The molecule has 0 aliphatic heterocycles. The molecule has 0 atom stereocenters. The van der Waals surface area contributed by atoms with Gasteiger partial charge in [-0.2, -0.15) is 0 Å². The third-order valence-corrected chi connectivity index (χ3v) is 3.93. The number of amides is 1. The summed E-state index contributed by atoms with van der Waals surface area (Å²) in [6.07, 6.45) is 3.49. The molecule has 3 aromatic heterocycles. The van der Waals surface area contributed by atoms with Crippen LogP contribution in [0.5, 0.6) is 0 Å². The molecule has 0 aromatic carbocycles. The molecule has 0 bridgehead atoms. The third kappa shape index (κ3) is 3.08. The van der Waals surface area contributed by atoms with E-state index in [2.05, 4.69) is 10.2 Å². The van der Waals surface area contributed by atoms with E-state index in [1.54, 1.807) is 18.2 Å². The Hall–Kier alpha value is -2.28. The lowest BCUT2D eigenvalue weighted by molar-refractivity contribution is -0.127. The molecule has 0 N–H and O–H groups in total. The molecule has 0 saturated carbocycles. The first-order chi connectivity index (χ1) is 10.2. The van der Waals surface area contributed by atoms with E-state index in [0.717, 1.165) is 11.4 Å². The van der Waals surface area contributed by atoms with Crippen LogP contribution >= 0.6 is 11.8 Å². The lowest BCUT2D eigenvalue weighted by Crippen LogP contribution is -2.27. The van der Waals surface area contributed by atoms with E-state index in [1.807, 2.05) is 40.9 Å². The van der Waals surface area contributed by atoms with Crippen LogP contribution in [0.3, 0.4) is 0 Å². The maximum Gasteiger partial charge on any atom is 0.233 e. The van der Waals surface area contributed by atoms with E-state index in [9.17, 15) is 4.79 Å². The molecule has 6 nitrogen and oxygen atoms in total. The van der Waals surface area contributed by atoms with E-state index < -0.39 is 0 Å². The summed E-state index contributed by atoms with van der Waals surface area (Å²) in [6.45, 7) is 0.465. The van der Waals surface area contributed by atoms with Crippen LogP contribution in [0.4, 0.5) is 0 Å². The molecule has 0 fully saturated rings. The van der Waals surface area contributed by atoms with Crippen molar-refractivity contribution >= 4 is 23.3 Å². The molecule has 0 radical (unpaired) electrons. The molecular formula is C14H14N4O2S. The zero-order chi connectivity index (χ0) is 14.7. The van der Waals surface area contributed by atoms with Crippen LogP contribution in [0.2, 0.25) is 0 Å². The van der Waals surface area contributed by atoms with Crippen LogP contribution in [-0.2, 0) is 11.3 Å². The molecular weight excluding hydrogens is 288 g/mol. The Morgan fingerprint density at radius 2 is 2.24 bits per heavy atom. The standard InChI is InChI=1S/C14H14N4O2S/c1-17(9-11-5-4-8-20-11)13(19)10-21-14-16-15-12-6-2-3-7-18(12)14/h2-8H,9-10H2,1H3. The van der Waals surface area contributed by atoms with E-state index in [-0.39, 0.29) is 5.91 Å². The zero-order valence-corrected chi connectivity index (χ0v) is 12.3. The minimum Gasteiger partial charge on any atom is -0.467 e. The van der Waals surface area contributed by atoms with Gasteiger partial charge in [0.15, 0.2) is 10.8 Å². The second-order valence-electron chi connectivity index (χ2n) is 4.53. The van der Waals surface area contributed by atoms with Gasteiger partial charge >= 0.3 is 0 Å². The average molecular weight is 302 g/mol. The molecule has 1 amide bonds. The summed E-state index contributed by atoms with van der Waals surface area (Å²) in [6, 6.07) is 9.35. The number of carbonyl (C=O) groups excluding carboxylic acids is 1. The van der Waals surface area contributed by atoms with Crippen LogP contribution in [0, 0.1) is 0 Å². The fourth-order valence-corrected chi connectivity index (χ4v) is 2.74. The maximum atomic E-state index is 12.1. The molecule has 3 aromatic rings. The second kappa shape index (κ2) is 6.01. The van der Waals surface area contributed by atoms with E-state index in [4.69, 9.17) is 4.42 Å². The topological polar surface area (TPSA) is 63.6 Å². The van der Waals surface area contributed by atoms with Gasteiger partial charge in [0.25, 0.3) is 0 Å². The molecule has 108 valence electrons. The fraction of sp³-hybridized carbons (Fsp3) is 0.214. The van der Waals surface area contributed by atoms with E-state index in [1.165, 1.54) is 11.8 Å². The van der Waals surface area contributed by atoms with Gasteiger partial charge in [-0.05, 0) is 24.3 Å². The molecule has 0 aliphatic carbocycles. The summed E-state index contributed by atoms with van der Waals surface area (Å²) in [5.41, 5.74) is 0.774. The molecule has 0 unspecified atom stereocenters. The van der Waals surface area contributed by atoms with Gasteiger partial charge in [-0.25, -0.2) is 0 Å². The van der Waals surface area contributed by atoms with Gasteiger partial charge in [0, 0.05) is 13.2 Å². The Kier molecular flexibility index (Phi) is 3.92. The van der Waals surface area contributed by atoms with Crippen molar-refractivity contribution in [3.8, 4) is 0 Å². The van der Waals surface area contributed by atoms with Crippen molar-refractivity contribution in [1.29, 1.82) is 0 Å². The van der Waals surface area contributed by atoms with Gasteiger partial charge in [0.2, 0.25) is 5.91 Å². The lowest BCUT2D eigenvalue weighted by atomic mass is 10.4. The van der Waals surface area contributed by atoms with Gasteiger partial charge in [-0.3, -0.25) is 9.20 Å². The van der Waals surface area contributed by atoms with Crippen LogP contribution in [-0.4, -0.2) is 38.2 Å². The molecule has 0 aliphatic rings. The van der Waals surface area contributed by atoms with Gasteiger partial charge in [0.1, 0.15) is 5.76 Å². The molecule has 0 spiro atoms. The van der Waals surface area contributed by atoms with Crippen molar-refractivity contribution < 1.29 is 9.21 Å². The summed E-state index contributed by atoms with van der Waals surface area (Å²) in [4.78, 5) is 13.7. The summed E-state index contributed by atoms with van der Waals surface area (Å²) in [5, 5.41) is 8.86. The van der Waals surface area contributed by atoms with Crippen molar-refractivity contribution in [2.75, 3.05) is 12.8 Å². The monoisotopic (exact) mass is 302 g/mol. The van der Waals surface area contributed by atoms with E-state index in [0.29, 0.717) is 17.5 Å². The highest BCUT2D eigenvalue weighted by Gasteiger charge is 2.13. The SMILES string of the molecule is CN(Cc1ccco1)C(=O)CSc1nnc2ccccn12. The van der Waals surface area contributed by atoms with Crippen LogP contribution < -0.4 is 0 Å². The zero-order valence-electron chi connectivity index (χ0n) is 11.5. The Labute approximate surface area is 125 Å². The second-order valence-corrected chi connectivity index (χ2v) is 5.47. The summed E-state index contributed by atoms with van der Waals surface area (Å²) in [5.74, 6) is 1.10. The molecule has 3 heterocycles. The minimum absolute atomic E-state index is 0.0177. The number of nitrogens with zero attached hydrogens (tertiary/aromatic N) is 4. The molecule has 0 saturated heterocycles.